The lowest BCUT2D eigenvalue weighted by molar-refractivity contribution is -0.317. The van der Waals surface area contributed by atoms with Crippen LogP contribution in [0.15, 0.2) is 12.7 Å². The molecule has 0 radical (unpaired) electrons. The number of esters is 4. The molecule has 0 amide bonds. The van der Waals surface area contributed by atoms with Crippen LogP contribution in [0.4, 0.5) is 0 Å². The molecule has 31 nitrogen and oxygen atoms in total. The van der Waals surface area contributed by atoms with Crippen molar-refractivity contribution in [2.24, 2.45) is 35.5 Å². The van der Waals surface area contributed by atoms with Crippen LogP contribution in [0.25, 0.3) is 0 Å². The van der Waals surface area contributed by atoms with E-state index in [9.17, 15) is 60.0 Å². The van der Waals surface area contributed by atoms with Gasteiger partial charge in [-0.05, 0) is 189 Å². The maximum absolute atomic E-state index is 14.4. The van der Waals surface area contributed by atoms with E-state index >= 15 is 0 Å². The van der Waals surface area contributed by atoms with E-state index < -0.39 is 198 Å². The SMILES string of the molecule is C=CC(=O)OC1[C@H](C)O[C@@H](O[C@H]2[C@H](C)[C@@H](O[C@@H]3O[C@H](C)C[C@H](NC)[C@H]3O)[C@](C)(O)C[C@@H](C)CN(C)[C@H](C)[C@@H](O)[C@](C)(O)[C@@H](CC)OC(=O)[C@@H]2C)C[C@@]1(C)OC.CC[C@H]1OC(=O)[C@H](C)[C@@H](O[C@H]2C[C@@](C)(OC)C(OC(=O)CCN(C)CC)[C@H](C)O2)[C@H](C)[C@@H](O[C@@H]2O[C@H](C)C[C@H](NC)[C@H]2O)[C@](C)(O)C[C@@H](C)CN(C)[C@H](C)[C@@H](O)[C@]1(C)O. The first-order valence-electron chi connectivity index (χ1n) is 41.7. The fourth-order valence-electron chi connectivity index (χ4n) is 18.3. The van der Waals surface area contributed by atoms with E-state index in [4.69, 9.17) is 66.3 Å². The van der Waals surface area contributed by atoms with Gasteiger partial charge < -0.3 is 133 Å². The van der Waals surface area contributed by atoms with Crippen molar-refractivity contribution in [2.75, 3.05) is 75.6 Å². The molecule has 0 aromatic heterocycles. The topological polar surface area (TPSA) is 393 Å². The van der Waals surface area contributed by atoms with E-state index in [1.54, 1.807) is 97.2 Å². The maximum Gasteiger partial charge on any atom is 0.330 e. The van der Waals surface area contributed by atoms with Gasteiger partial charge in [-0.3, -0.25) is 14.4 Å². The van der Waals surface area contributed by atoms with Crippen molar-refractivity contribution in [1.82, 2.24) is 25.3 Å². The van der Waals surface area contributed by atoms with Crippen LogP contribution >= 0.6 is 0 Å². The monoisotopic (exact) mass is 1640 g/mol. The third-order valence-electron chi connectivity index (χ3n) is 25.7. The van der Waals surface area contributed by atoms with E-state index in [-0.39, 0.29) is 87.0 Å². The number of methoxy groups -OCH3 is 2. The second kappa shape index (κ2) is 43.0. The zero-order chi connectivity index (χ0) is 86.6. The molecule has 6 rings (SSSR count). The highest BCUT2D eigenvalue weighted by molar-refractivity contribution is 5.81. The number of nitrogens with one attached hydrogen (secondary N) is 2. The smallest absolute Gasteiger partial charge is 0.330 e. The zero-order valence-electron chi connectivity index (χ0n) is 74.1. The number of carbonyl (C=O) groups excluding carboxylic acids is 4. The number of carbonyl (C=O) groups is 4. The summed E-state index contributed by atoms with van der Waals surface area (Å²) in [5.74, 6) is -6.44. The minimum Gasteiger partial charge on any atom is -0.459 e. The van der Waals surface area contributed by atoms with Gasteiger partial charge in [0.25, 0.3) is 0 Å². The molecule has 0 aliphatic carbocycles. The van der Waals surface area contributed by atoms with Gasteiger partial charge in [-0.25, -0.2) is 4.79 Å². The number of hydrogen-bond acceptors (Lipinski definition) is 31. The molecule has 6 heterocycles. The Labute approximate surface area is 680 Å². The van der Waals surface area contributed by atoms with E-state index in [2.05, 4.69) is 17.2 Å². The van der Waals surface area contributed by atoms with Gasteiger partial charge >= 0.3 is 23.9 Å². The van der Waals surface area contributed by atoms with Gasteiger partial charge in [0, 0.05) is 88.8 Å². The summed E-state index contributed by atoms with van der Waals surface area (Å²) in [7, 11) is 12.1. The molecular weight excluding hydrogens is 1480 g/mol. The average Bonchev–Trinajstić information content (AvgIpc) is 1.21. The van der Waals surface area contributed by atoms with Gasteiger partial charge in [-0.15, -0.1) is 0 Å². The predicted molar refractivity (Wildman–Crippen MR) is 425 cm³/mol. The molecular formula is C83H153N5O26. The van der Waals surface area contributed by atoms with Crippen molar-refractivity contribution < 1.29 is 126 Å². The first-order valence-corrected chi connectivity index (χ1v) is 41.7. The first-order chi connectivity index (χ1) is 52.8. The Bertz CT molecular complexity index is 2980. The molecule has 10 N–H and O–H groups in total. The van der Waals surface area contributed by atoms with Gasteiger partial charge in [-0.2, -0.15) is 0 Å². The molecule has 0 aromatic carbocycles. The largest absolute Gasteiger partial charge is 0.459 e. The van der Waals surface area contributed by atoms with Gasteiger partial charge in [0.1, 0.15) is 59.0 Å². The van der Waals surface area contributed by atoms with Crippen LogP contribution < -0.4 is 10.6 Å². The van der Waals surface area contributed by atoms with Crippen molar-refractivity contribution in [1.29, 1.82) is 0 Å². The fraction of sp³-hybridized carbons (Fsp3) is 0.928. The zero-order valence-corrected chi connectivity index (χ0v) is 74.1. The third kappa shape index (κ3) is 25.2. The Balaban J connectivity index is 0.000000408. The van der Waals surface area contributed by atoms with Crippen molar-refractivity contribution in [3.63, 3.8) is 0 Å². The Morgan fingerprint density at radius 3 is 1.25 bits per heavy atom. The van der Waals surface area contributed by atoms with Crippen LogP contribution in [0, 0.1) is 35.5 Å². The van der Waals surface area contributed by atoms with E-state index in [0.29, 0.717) is 32.5 Å². The predicted octanol–water partition coefficient (Wildman–Crippen LogP) is 4.75. The van der Waals surface area contributed by atoms with Crippen molar-refractivity contribution >= 4 is 23.9 Å². The van der Waals surface area contributed by atoms with E-state index in [1.807, 2.05) is 84.3 Å². The Kier molecular flexibility index (Phi) is 38.2. The molecule has 6 aliphatic rings. The fourth-order valence-corrected chi connectivity index (χ4v) is 18.3. The first kappa shape index (κ1) is 101. The molecule has 31 heteroatoms. The summed E-state index contributed by atoms with van der Waals surface area (Å²) in [5, 5.41) is 101. The Morgan fingerprint density at radius 2 is 0.921 bits per heavy atom. The summed E-state index contributed by atoms with van der Waals surface area (Å²) in [6.45, 7) is 42.8. The maximum atomic E-state index is 14.4. The van der Waals surface area contributed by atoms with Crippen LogP contribution in [0.2, 0.25) is 0 Å². The standard InChI is InChI=1S/C43H81N3O13.C40H72N2O13/c1-16-31-43(11,52)36(49)28(7)46(14)23-24(3)21-41(9,51)37(59-40-34(48)30(44-12)20-25(4)54-40)26(5)35(27(6)39(50)56-31)58-33-22-42(10,53-15)38(29(8)55-33)57-32(47)18-19-45(13)17-2;1-15-28-40(11,48)33(45)25(7)42(13)20-21(3)18-38(9,47)34(55-37-31(44)27(41-12)17-22(4)50-37)23(5)32(24(6)36(46)52-28)54-30-19-39(10,49-14)35(26(8)51-30)53-29(43)16-2/h24-31,33-38,40,44,48-49,51-52H,16-23H2,1-15H3;16,21-28,30-35,37,41,44-45,47-48H,2,15,17-20H2,1,3-14H3/t24-,25-,26+,27-,28-,29+,30+,31-,33+,34-,35+,36-,37-,38?,40+,41-,42-,43-;21-,22-,23+,24-,25-,26+,27+,28-,30+,31-,32+,33-,34-,35?,37+,38-,39-,40-/m11/s1. The summed E-state index contributed by atoms with van der Waals surface area (Å²) in [6, 6.07) is -1.80. The molecule has 6 aliphatic heterocycles. The highest BCUT2D eigenvalue weighted by Gasteiger charge is 2.57. The second-order valence-electron chi connectivity index (χ2n) is 35.8. The normalized spacial score (nSPS) is 46.1. The van der Waals surface area contributed by atoms with Crippen LogP contribution in [0.1, 0.15) is 203 Å². The molecule has 6 fully saturated rings. The Morgan fingerprint density at radius 1 is 0.561 bits per heavy atom. The summed E-state index contributed by atoms with van der Waals surface area (Å²) < 4.78 is 87.8. The lowest BCUT2D eigenvalue weighted by Gasteiger charge is -2.49. The van der Waals surface area contributed by atoms with Crippen molar-refractivity contribution in [3.05, 3.63) is 12.7 Å². The molecule has 666 valence electrons. The number of cyclic esters (lactones) is 2. The number of aliphatic hydroxyl groups is 8. The summed E-state index contributed by atoms with van der Waals surface area (Å²) >= 11 is 0. The molecule has 36 atom stereocenters. The molecule has 0 spiro atoms. The molecule has 6 saturated heterocycles. The second-order valence-corrected chi connectivity index (χ2v) is 35.8. The van der Waals surface area contributed by atoms with Crippen LogP contribution in [-0.2, 0) is 85.5 Å². The van der Waals surface area contributed by atoms with Gasteiger partial charge in [0.2, 0.25) is 0 Å². The Hall–Kier alpha value is -3.30. The third-order valence-corrected chi connectivity index (χ3v) is 25.7. The van der Waals surface area contributed by atoms with Crippen LogP contribution in [0.3, 0.4) is 0 Å². The summed E-state index contributed by atoms with van der Waals surface area (Å²) in [4.78, 5) is 59.8. The molecule has 114 heavy (non-hydrogen) atoms. The van der Waals surface area contributed by atoms with Gasteiger partial charge in [0.15, 0.2) is 37.4 Å². The average molecular weight is 1640 g/mol. The van der Waals surface area contributed by atoms with Crippen LogP contribution in [0.5, 0.6) is 0 Å². The highest BCUT2D eigenvalue weighted by Crippen LogP contribution is 2.44. The summed E-state index contributed by atoms with van der Waals surface area (Å²) in [6.07, 6.45) is -15.7. The van der Waals surface area contributed by atoms with Gasteiger partial charge in [0.05, 0.1) is 78.3 Å². The lowest BCUT2D eigenvalue weighted by Crippen LogP contribution is -2.61. The molecule has 0 aromatic rings. The highest BCUT2D eigenvalue weighted by atomic mass is 16.7. The summed E-state index contributed by atoms with van der Waals surface area (Å²) in [5.41, 5.74) is -8.95. The minimum absolute atomic E-state index is 0.0847. The molecule has 0 bridgehead atoms. The quantitative estimate of drug-likeness (QED) is 0.0421. The number of aliphatic hydroxyl groups excluding tert-OH is 4. The van der Waals surface area contributed by atoms with Crippen LogP contribution in [-0.4, -0.2) is 336 Å². The lowest BCUT2D eigenvalue weighted by atomic mass is 9.77. The molecule has 0 saturated carbocycles. The number of rotatable bonds is 21. The van der Waals surface area contributed by atoms with Crippen molar-refractivity contribution in [2.45, 2.75) is 384 Å². The number of likely N-dealkylation sites (N-methyl/N-ethyl adjacent to an activating group) is 4. The van der Waals surface area contributed by atoms with E-state index in [1.165, 1.54) is 28.1 Å². The molecule has 2 unspecified atom stereocenters. The minimum atomic E-state index is -1.82. The van der Waals surface area contributed by atoms with Crippen molar-refractivity contribution in [3.8, 4) is 0 Å². The van der Waals surface area contributed by atoms with E-state index in [0.717, 1.165) is 12.6 Å². The number of ether oxygens (including phenoxy) is 14. The van der Waals surface area contributed by atoms with Gasteiger partial charge in [-0.1, -0.05) is 55.0 Å². The number of hydrogen-bond donors (Lipinski definition) is 10. The number of nitrogens with zero attached hydrogens (tertiary/aromatic N) is 3.